The van der Waals surface area contributed by atoms with Gasteiger partial charge in [0.1, 0.15) is 12.1 Å². The summed E-state index contributed by atoms with van der Waals surface area (Å²) in [6.07, 6.45) is 4.12. The molecule has 0 unspecified atom stereocenters. The molecule has 1 saturated heterocycles. The zero-order valence-electron chi connectivity index (χ0n) is 18.2. The molecule has 1 saturated carbocycles. The van der Waals surface area contributed by atoms with Crippen molar-refractivity contribution in [2.75, 3.05) is 34.4 Å². The molecule has 0 aromatic heterocycles. The van der Waals surface area contributed by atoms with Gasteiger partial charge in [0.05, 0.1) is 14.2 Å². The van der Waals surface area contributed by atoms with E-state index in [1.165, 1.54) is 0 Å². The lowest BCUT2D eigenvalue weighted by molar-refractivity contribution is -0.140. The second kappa shape index (κ2) is 8.93. The van der Waals surface area contributed by atoms with Crippen LogP contribution in [0.15, 0.2) is 18.2 Å². The molecular formula is C22H31N3O5. The van der Waals surface area contributed by atoms with Gasteiger partial charge in [-0.25, -0.2) is 4.79 Å². The van der Waals surface area contributed by atoms with Crippen LogP contribution < -0.4 is 14.8 Å². The highest BCUT2D eigenvalue weighted by Crippen LogP contribution is 2.38. The number of carbonyl (C=O) groups is 3. The molecule has 164 valence electrons. The second-order valence-corrected chi connectivity index (χ2v) is 8.19. The molecule has 0 radical (unpaired) electrons. The van der Waals surface area contributed by atoms with Crippen molar-refractivity contribution in [1.29, 1.82) is 0 Å². The Labute approximate surface area is 177 Å². The Morgan fingerprint density at radius 1 is 1.23 bits per heavy atom. The molecule has 1 aliphatic heterocycles. The normalized spacial score (nSPS) is 23.5. The first-order chi connectivity index (χ1) is 14.3. The van der Waals surface area contributed by atoms with Crippen LogP contribution in [0.2, 0.25) is 0 Å². The number of amides is 4. The number of urea groups is 1. The highest BCUT2D eigenvalue weighted by Gasteiger charge is 2.55. The van der Waals surface area contributed by atoms with Gasteiger partial charge in [-0.15, -0.1) is 0 Å². The number of nitrogens with zero attached hydrogens (tertiary/aromatic N) is 2. The number of methoxy groups -OCH3 is 2. The molecule has 2 fully saturated rings. The summed E-state index contributed by atoms with van der Waals surface area (Å²) in [5.74, 6) is 0.830. The van der Waals surface area contributed by atoms with E-state index in [2.05, 4.69) is 5.32 Å². The van der Waals surface area contributed by atoms with E-state index < -0.39 is 11.6 Å². The average Bonchev–Trinajstić information content (AvgIpc) is 2.98. The van der Waals surface area contributed by atoms with Gasteiger partial charge in [-0.3, -0.25) is 14.5 Å². The molecule has 2 aliphatic rings. The van der Waals surface area contributed by atoms with Gasteiger partial charge in [-0.05, 0) is 42.9 Å². The van der Waals surface area contributed by atoms with E-state index >= 15 is 0 Å². The summed E-state index contributed by atoms with van der Waals surface area (Å²) in [6.45, 7) is 2.22. The molecule has 8 heteroatoms. The average molecular weight is 418 g/mol. The van der Waals surface area contributed by atoms with Gasteiger partial charge < -0.3 is 19.7 Å². The first kappa shape index (κ1) is 21.9. The van der Waals surface area contributed by atoms with E-state index in [4.69, 9.17) is 9.47 Å². The van der Waals surface area contributed by atoms with Crippen LogP contribution in [-0.2, 0) is 16.0 Å². The number of benzene rings is 1. The molecule has 1 N–H and O–H groups in total. The summed E-state index contributed by atoms with van der Waals surface area (Å²) in [7, 11) is 4.84. The summed E-state index contributed by atoms with van der Waals surface area (Å²) in [5.41, 5.74) is 0.158. The van der Waals surface area contributed by atoms with Crippen molar-refractivity contribution in [3.63, 3.8) is 0 Å². The molecule has 1 aromatic carbocycles. The van der Waals surface area contributed by atoms with Gasteiger partial charge in [0, 0.05) is 13.6 Å². The minimum absolute atomic E-state index is 0.0746. The van der Waals surface area contributed by atoms with E-state index in [1.807, 2.05) is 25.1 Å². The molecule has 1 heterocycles. The number of hydrogen-bond acceptors (Lipinski definition) is 5. The van der Waals surface area contributed by atoms with Crippen LogP contribution >= 0.6 is 0 Å². The van der Waals surface area contributed by atoms with Crippen molar-refractivity contribution < 1.29 is 23.9 Å². The second-order valence-electron chi connectivity index (χ2n) is 8.19. The van der Waals surface area contributed by atoms with Gasteiger partial charge in [0.25, 0.3) is 5.91 Å². The molecule has 1 spiro atoms. The molecule has 4 amide bonds. The van der Waals surface area contributed by atoms with E-state index in [1.54, 1.807) is 26.2 Å². The van der Waals surface area contributed by atoms with E-state index in [0.29, 0.717) is 30.9 Å². The Kier molecular flexibility index (Phi) is 6.53. The lowest BCUT2D eigenvalue weighted by Crippen LogP contribution is -2.54. The summed E-state index contributed by atoms with van der Waals surface area (Å²) >= 11 is 0. The molecule has 8 nitrogen and oxygen atoms in total. The van der Waals surface area contributed by atoms with Crippen LogP contribution in [0.5, 0.6) is 11.5 Å². The van der Waals surface area contributed by atoms with Crippen LogP contribution in [0.1, 0.15) is 38.2 Å². The quantitative estimate of drug-likeness (QED) is 0.687. The van der Waals surface area contributed by atoms with Gasteiger partial charge in [0.15, 0.2) is 11.5 Å². The highest BCUT2D eigenvalue weighted by molar-refractivity contribution is 6.09. The number of ether oxygens (including phenoxy) is 2. The highest BCUT2D eigenvalue weighted by atomic mass is 16.5. The molecule has 30 heavy (non-hydrogen) atoms. The zero-order chi connectivity index (χ0) is 21.9. The van der Waals surface area contributed by atoms with Gasteiger partial charge in [-0.2, -0.15) is 0 Å². The maximum Gasteiger partial charge on any atom is 0.325 e. The third-order valence-electron chi connectivity index (χ3n) is 6.40. The Hall–Kier alpha value is -2.77. The number of imide groups is 1. The third kappa shape index (κ3) is 4.08. The first-order valence-electron chi connectivity index (χ1n) is 10.4. The number of nitrogens with one attached hydrogen (secondary N) is 1. The fraction of sp³-hybridized carbons (Fsp3) is 0.591. The van der Waals surface area contributed by atoms with E-state index in [0.717, 1.165) is 29.7 Å². The van der Waals surface area contributed by atoms with Crippen LogP contribution in [0.4, 0.5) is 4.79 Å². The Morgan fingerprint density at radius 3 is 2.63 bits per heavy atom. The maximum atomic E-state index is 13.0. The molecular weight excluding hydrogens is 386 g/mol. The van der Waals surface area contributed by atoms with E-state index in [9.17, 15) is 14.4 Å². The fourth-order valence-corrected chi connectivity index (χ4v) is 4.35. The van der Waals surface area contributed by atoms with Crippen LogP contribution in [-0.4, -0.2) is 67.5 Å². The van der Waals surface area contributed by atoms with Gasteiger partial charge in [0.2, 0.25) is 5.91 Å². The maximum absolute atomic E-state index is 13.0. The molecule has 3 rings (SSSR count). The minimum Gasteiger partial charge on any atom is -0.493 e. The van der Waals surface area contributed by atoms with Crippen molar-refractivity contribution >= 4 is 17.8 Å². The summed E-state index contributed by atoms with van der Waals surface area (Å²) < 4.78 is 10.6. The van der Waals surface area contributed by atoms with Crippen LogP contribution in [0.25, 0.3) is 0 Å². The number of carbonyl (C=O) groups excluding carboxylic acids is 3. The summed E-state index contributed by atoms with van der Waals surface area (Å²) in [6, 6.07) is 5.16. The summed E-state index contributed by atoms with van der Waals surface area (Å²) in [5, 5.41) is 2.89. The first-order valence-corrected chi connectivity index (χ1v) is 10.4. The molecule has 1 aliphatic carbocycles. The lowest BCUT2D eigenvalue weighted by Gasteiger charge is -2.36. The fourth-order valence-electron chi connectivity index (χ4n) is 4.35. The predicted molar refractivity (Wildman–Crippen MR) is 111 cm³/mol. The smallest absolute Gasteiger partial charge is 0.325 e. The van der Waals surface area contributed by atoms with Crippen molar-refractivity contribution in [3.05, 3.63) is 23.8 Å². The van der Waals surface area contributed by atoms with Crippen LogP contribution in [0, 0.1) is 5.92 Å². The van der Waals surface area contributed by atoms with Crippen molar-refractivity contribution in [3.8, 4) is 11.5 Å². The molecule has 0 bridgehead atoms. The van der Waals surface area contributed by atoms with Gasteiger partial charge in [-0.1, -0.05) is 25.8 Å². The number of hydrogen-bond donors (Lipinski definition) is 1. The van der Waals surface area contributed by atoms with E-state index in [-0.39, 0.29) is 24.3 Å². The number of likely N-dealkylation sites (N-methyl/N-ethyl adjacent to an activating group) is 1. The zero-order valence-corrected chi connectivity index (χ0v) is 18.2. The Balaban J connectivity index is 1.59. The Morgan fingerprint density at radius 2 is 1.97 bits per heavy atom. The molecule has 1 aromatic rings. The van der Waals surface area contributed by atoms with Crippen molar-refractivity contribution in [2.45, 2.75) is 44.6 Å². The van der Waals surface area contributed by atoms with Gasteiger partial charge >= 0.3 is 6.03 Å². The standard InChI is InChI=1S/C22H31N3O5/c1-15-7-5-6-11-22(15)20(27)25(21(28)23-22)14-19(26)24(2)12-10-16-8-9-17(29-3)18(13-16)30-4/h8-9,13,15H,5-7,10-12,14H2,1-4H3,(H,23,28)/t15-,22-/m0/s1. The SMILES string of the molecule is COc1ccc(CCN(C)C(=O)CN2C(=O)N[C@]3(CCCC[C@@H]3C)C2=O)cc1OC. The topological polar surface area (TPSA) is 88.2 Å². The van der Waals surface area contributed by atoms with Crippen molar-refractivity contribution in [1.82, 2.24) is 15.1 Å². The van der Waals surface area contributed by atoms with Crippen molar-refractivity contribution in [2.24, 2.45) is 5.92 Å². The summed E-state index contributed by atoms with van der Waals surface area (Å²) in [4.78, 5) is 40.8. The lowest BCUT2D eigenvalue weighted by atomic mass is 9.73. The number of rotatable bonds is 7. The van der Waals surface area contributed by atoms with Crippen LogP contribution in [0.3, 0.4) is 0 Å². The molecule has 2 atom stereocenters. The monoisotopic (exact) mass is 417 g/mol. The minimum atomic E-state index is -0.839. The largest absolute Gasteiger partial charge is 0.493 e. The third-order valence-corrected chi connectivity index (χ3v) is 6.40. The predicted octanol–water partition coefficient (Wildman–Crippen LogP) is 2.21. The Bertz CT molecular complexity index is 827.